The zero-order chi connectivity index (χ0) is 24.8. The average molecular weight is 463 g/mol. The van der Waals surface area contributed by atoms with E-state index < -0.39 is 24.0 Å². The summed E-state index contributed by atoms with van der Waals surface area (Å²) in [6.07, 6.45) is 1.25. The molecule has 178 valence electrons. The number of methoxy groups -OCH3 is 1. The first-order valence-corrected chi connectivity index (χ1v) is 11.1. The van der Waals surface area contributed by atoms with Crippen molar-refractivity contribution in [2.45, 2.75) is 39.3 Å². The van der Waals surface area contributed by atoms with Crippen molar-refractivity contribution in [1.29, 1.82) is 0 Å². The Bertz CT molecular complexity index is 1230. The van der Waals surface area contributed by atoms with Crippen molar-refractivity contribution in [1.82, 2.24) is 9.88 Å². The third kappa shape index (κ3) is 5.80. The van der Waals surface area contributed by atoms with E-state index >= 15 is 0 Å². The van der Waals surface area contributed by atoms with Crippen molar-refractivity contribution in [2.75, 3.05) is 13.7 Å². The molecule has 0 saturated heterocycles. The van der Waals surface area contributed by atoms with Crippen LogP contribution in [0.4, 0.5) is 0 Å². The number of carbonyl (C=O) groups excluding carboxylic acids is 1. The minimum absolute atomic E-state index is 0.0307. The highest BCUT2D eigenvalue weighted by Crippen LogP contribution is 2.30. The summed E-state index contributed by atoms with van der Waals surface area (Å²) in [5.74, 6) is -1.53. The topological polar surface area (TPSA) is 97.6 Å². The molecule has 34 heavy (non-hydrogen) atoms. The summed E-state index contributed by atoms with van der Waals surface area (Å²) in [4.78, 5) is 37.4. The second-order valence-corrected chi connectivity index (χ2v) is 8.47. The van der Waals surface area contributed by atoms with Gasteiger partial charge in [-0.2, -0.15) is 0 Å². The standard InChI is InChI=1S/C27H30N2O5/c1-17-11-12-29(24(30)13-17)23(16-34-4)27(33)28-22(15-25(31)32)20-9-6-10-21(14-20)26-18(2)7-5-8-19(26)3/h5-14,22-23H,15-16H2,1-4H3,(H,28,33)(H,31,32)/t22-,23+/m0/s1. The number of ether oxygens (including phenoxy) is 1. The summed E-state index contributed by atoms with van der Waals surface area (Å²) in [5.41, 5.74) is 5.36. The summed E-state index contributed by atoms with van der Waals surface area (Å²) >= 11 is 0. The van der Waals surface area contributed by atoms with Gasteiger partial charge in [0, 0.05) is 19.4 Å². The molecule has 3 rings (SSSR count). The molecule has 7 heteroatoms. The second kappa shape index (κ2) is 10.9. The van der Waals surface area contributed by atoms with E-state index in [1.807, 2.05) is 50.2 Å². The Morgan fingerprint density at radius 2 is 1.71 bits per heavy atom. The molecular weight excluding hydrogens is 432 g/mol. The van der Waals surface area contributed by atoms with Crippen molar-refractivity contribution in [3.8, 4) is 11.1 Å². The number of hydrogen-bond donors (Lipinski definition) is 2. The summed E-state index contributed by atoms with van der Waals surface area (Å²) in [7, 11) is 1.45. The Morgan fingerprint density at radius 3 is 2.32 bits per heavy atom. The molecule has 0 spiro atoms. The summed E-state index contributed by atoms with van der Waals surface area (Å²) in [5, 5.41) is 12.4. The molecule has 2 atom stereocenters. The average Bonchev–Trinajstić information content (AvgIpc) is 2.77. The number of carboxylic acids is 1. The van der Waals surface area contributed by atoms with E-state index in [9.17, 15) is 19.5 Å². The quantitative estimate of drug-likeness (QED) is 0.502. The molecule has 3 aromatic rings. The van der Waals surface area contributed by atoms with Crippen LogP contribution in [-0.4, -0.2) is 35.3 Å². The van der Waals surface area contributed by atoms with Crippen LogP contribution in [0, 0.1) is 20.8 Å². The van der Waals surface area contributed by atoms with Crippen LogP contribution in [0.25, 0.3) is 11.1 Å². The molecule has 0 saturated carbocycles. The maximum absolute atomic E-state index is 13.3. The molecule has 2 aromatic carbocycles. The number of benzene rings is 2. The molecular formula is C27H30N2O5. The summed E-state index contributed by atoms with van der Waals surface area (Å²) in [6.45, 7) is 5.82. The van der Waals surface area contributed by atoms with E-state index in [1.54, 1.807) is 25.3 Å². The zero-order valence-corrected chi connectivity index (χ0v) is 19.9. The predicted molar refractivity (Wildman–Crippen MR) is 131 cm³/mol. The zero-order valence-electron chi connectivity index (χ0n) is 19.9. The third-order valence-corrected chi connectivity index (χ3v) is 5.82. The Balaban J connectivity index is 1.96. The van der Waals surface area contributed by atoms with Gasteiger partial charge in [-0.05, 0) is 66.3 Å². The molecule has 0 aliphatic rings. The van der Waals surface area contributed by atoms with Crippen molar-refractivity contribution in [3.05, 3.63) is 93.4 Å². The number of nitrogens with one attached hydrogen (secondary N) is 1. The number of rotatable bonds is 9. The second-order valence-electron chi connectivity index (χ2n) is 8.47. The fourth-order valence-corrected chi connectivity index (χ4v) is 4.16. The minimum atomic E-state index is -1.04. The number of pyridine rings is 1. The van der Waals surface area contributed by atoms with Gasteiger partial charge in [-0.1, -0.05) is 36.4 Å². The van der Waals surface area contributed by atoms with E-state index in [1.165, 1.54) is 17.7 Å². The number of amides is 1. The number of carboxylic acid groups (broad SMARTS) is 1. The van der Waals surface area contributed by atoms with Gasteiger partial charge >= 0.3 is 5.97 Å². The van der Waals surface area contributed by atoms with Gasteiger partial charge in [0.1, 0.15) is 6.04 Å². The van der Waals surface area contributed by atoms with Crippen LogP contribution in [0.1, 0.15) is 40.8 Å². The molecule has 1 amide bonds. The molecule has 0 aliphatic heterocycles. The van der Waals surface area contributed by atoms with E-state index in [0.29, 0.717) is 5.56 Å². The lowest BCUT2D eigenvalue weighted by atomic mass is 9.92. The highest BCUT2D eigenvalue weighted by molar-refractivity contribution is 5.82. The number of aryl methyl sites for hydroxylation is 3. The van der Waals surface area contributed by atoms with Gasteiger partial charge in [0.2, 0.25) is 5.91 Å². The van der Waals surface area contributed by atoms with Crippen molar-refractivity contribution >= 4 is 11.9 Å². The van der Waals surface area contributed by atoms with Gasteiger partial charge in [-0.25, -0.2) is 0 Å². The Kier molecular flexibility index (Phi) is 8.02. The van der Waals surface area contributed by atoms with E-state index in [0.717, 1.165) is 27.8 Å². The molecule has 0 bridgehead atoms. The Morgan fingerprint density at radius 1 is 1.03 bits per heavy atom. The SMILES string of the molecule is COC[C@H](C(=O)N[C@@H](CC(=O)O)c1cccc(-c2c(C)cccc2C)c1)n1ccc(C)cc1=O. The normalized spacial score (nSPS) is 12.7. The predicted octanol–water partition coefficient (Wildman–Crippen LogP) is 3.96. The van der Waals surface area contributed by atoms with Crippen LogP contribution >= 0.6 is 0 Å². The smallest absolute Gasteiger partial charge is 0.305 e. The summed E-state index contributed by atoms with van der Waals surface area (Å²) in [6, 6.07) is 15.0. The Labute approximate surface area is 199 Å². The fraction of sp³-hybridized carbons (Fsp3) is 0.296. The lowest BCUT2D eigenvalue weighted by molar-refractivity contribution is -0.138. The molecule has 0 fully saturated rings. The number of nitrogens with zero attached hydrogens (tertiary/aromatic N) is 1. The van der Waals surface area contributed by atoms with Gasteiger partial charge in [0.15, 0.2) is 0 Å². The minimum Gasteiger partial charge on any atom is -0.481 e. The third-order valence-electron chi connectivity index (χ3n) is 5.82. The van der Waals surface area contributed by atoms with Crippen LogP contribution < -0.4 is 10.9 Å². The lowest BCUT2D eigenvalue weighted by Gasteiger charge is -2.24. The van der Waals surface area contributed by atoms with Crippen molar-refractivity contribution in [2.24, 2.45) is 0 Å². The van der Waals surface area contributed by atoms with E-state index in [-0.39, 0.29) is 18.6 Å². The Hall–Kier alpha value is -3.71. The molecule has 0 aliphatic carbocycles. The molecule has 2 N–H and O–H groups in total. The van der Waals surface area contributed by atoms with Crippen LogP contribution in [-0.2, 0) is 14.3 Å². The number of carbonyl (C=O) groups is 2. The first-order valence-electron chi connectivity index (χ1n) is 11.1. The largest absolute Gasteiger partial charge is 0.481 e. The van der Waals surface area contributed by atoms with Crippen LogP contribution in [0.3, 0.4) is 0 Å². The maximum Gasteiger partial charge on any atom is 0.305 e. The van der Waals surface area contributed by atoms with Gasteiger partial charge < -0.3 is 19.7 Å². The van der Waals surface area contributed by atoms with Crippen LogP contribution in [0.5, 0.6) is 0 Å². The number of aromatic nitrogens is 1. The van der Waals surface area contributed by atoms with Crippen molar-refractivity contribution < 1.29 is 19.4 Å². The first-order chi connectivity index (χ1) is 16.2. The number of hydrogen-bond acceptors (Lipinski definition) is 4. The van der Waals surface area contributed by atoms with Gasteiger partial charge in [-0.15, -0.1) is 0 Å². The molecule has 1 heterocycles. The lowest BCUT2D eigenvalue weighted by Crippen LogP contribution is -2.41. The summed E-state index contributed by atoms with van der Waals surface area (Å²) < 4.78 is 6.50. The molecule has 7 nitrogen and oxygen atoms in total. The van der Waals surface area contributed by atoms with Gasteiger partial charge in [-0.3, -0.25) is 14.4 Å². The van der Waals surface area contributed by atoms with Crippen LogP contribution in [0.2, 0.25) is 0 Å². The van der Waals surface area contributed by atoms with Gasteiger partial charge in [0.25, 0.3) is 5.56 Å². The maximum atomic E-state index is 13.3. The molecule has 1 aromatic heterocycles. The fourth-order valence-electron chi connectivity index (χ4n) is 4.16. The van der Waals surface area contributed by atoms with E-state index in [2.05, 4.69) is 5.32 Å². The monoisotopic (exact) mass is 462 g/mol. The first kappa shape index (κ1) is 24.9. The van der Waals surface area contributed by atoms with E-state index in [4.69, 9.17) is 4.74 Å². The molecule has 0 unspecified atom stereocenters. The van der Waals surface area contributed by atoms with Crippen LogP contribution in [0.15, 0.2) is 65.6 Å². The van der Waals surface area contributed by atoms with Gasteiger partial charge in [0.05, 0.1) is 19.1 Å². The molecule has 0 radical (unpaired) electrons. The highest BCUT2D eigenvalue weighted by atomic mass is 16.5. The highest BCUT2D eigenvalue weighted by Gasteiger charge is 2.26. The number of aliphatic carboxylic acids is 1. The van der Waals surface area contributed by atoms with Crippen molar-refractivity contribution in [3.63, 3.8) is 0 Å².